The molecule has 1 aliphatic heterocycles. The fraction of sp³-hybridized carbons (Fsp3) is 0.476. The number of aryl methyl sites for hydroxylation is 3. The van der Waals surface area contributed by atoms with Gasteiger partial charge in [-0.2, -0.15) is 4.98 Å². The van der Waals surface area contributed by atoms with Gasteiger partial charge in [-0.15, -0.1) is 0 Å². The quantitative estimate of drug-likeness (QED) is 0.694. The minimum Gasteiger partial charge on any atom is -0.342 e. The minimum atomic E-state index is -0.340. The van der Waals surface area contributed by atoms with E-state index in [1.54, 1.807) is 7.05 Å². The Hall–Kier alpha value is -2.83. The zero-order valence-electron chi connectivity index (χ0n) is 16.6. The van der Waals surface area contributed by atoms with E-state index in [0.29, 0.717) is 17.7 Å². The van der Waals surface area contributed by atoms with Crippen molar-refractivity contribution in [3.05, 3.63) is 56.7 Å². The Balaban J connectivity index is 1.86. The molecule has 3 heterocycles. The summed E-state index contributed by atoms with van der Waals surface area (Å²) in [4.78, 5) is 32.4. The number of rotatable bonds is 4. The molecule has 1 aromatic carbocycles. The highest BCUT2D eigenvalue weighted by Crippen LogP contribution is 2.23. The van der Waals surface area contributed by atoms with Gasteiger partial charge in [0.15, 0.2) is 11.2 Å². The Bertz CT molecular complexity index is 1090. The molecule has 7 heteroatoms. The molecule has 7 nitrogen and oxygen atoms in total. The van der Waals surface area contributed by atoms with Crippen LogP contribution in [0.15, 0.2) is 39.9 Å². The first-order valence-corrected chi connectivity index (χ1v) is 10.0. The number of anilines is 1. The molecule has 0 bridgehead atoms. The summed E-state index contributed by atoms with van der Waals surface area (Å²) in [6.45, 7) is 2.52. The van der Waals surface area contributed by atoms with Gasteiger partial charge in [-0.05, 0) is 24.8 Å². The van der Waals surface area contributed by atoms with Gasteiger partial charge in [0.1, 0.15) is 0 Å². The van der Waals surface area contributed by atoms with E-state index in [1.807, 2.05) is 22.8 Å². The highest BCUT2D eigenvalue weighted by molar-refractivity contribution is 5.74. The lowest BCUT2D eigenvalue weighted by atomic mass is 10.1. The second-order valence-electron chi connectivity index (χ2n) is 7.58. The molecule has 0 radical (unpaired) electrons. The van der Waals surface area contributed by atoms with Crippen LogP contribution in [-0.4, -0.2) is 31.8 Å². The summed E-state index contributed by atoms with van der Waals surface area (Å²) in [7, 11) is 3.22. The van der Waals surface area contributed by atoms with Gasteiger partial charge < -0.3 is 9.47 Å². The van der Waals surface area contributed by atoms with Crippen LogP contribution in [0.5, 0.6) is 0 Å². The molecular formula is C21H27N5O2. The van der Waals surface area contributed by atoms with Gasteiger partial charge in [0, 0.05) is 33.7 Å². The van der Waals surface area contributed by atoms with Crippen LogP contribution in [-0.2, 0) is 27.1 Å². The van der Waals surface area contributed by atoms with E-state index in [1.165, 1.54) is 34.6 Å². The highest BCUT2D eigenvalue weighted by Gasteiger charge is 2.23. The molecular weight excluding hydrogens is 354 g/mol. The number of imidazole rings is 1. The largest absolute Gasteiger partial charge is 0.342 e. The molecule has 1 aliphatic rings. The predicted molar refractivity (Wildman–Crippen MR) is 111 cm³/mol. The second kappa shape index (κ2) is 7.66. The summed E-state index contributed by atoms with van der Waals surface area (Å²) in [5.41, 5.74) is 1.58. The summed E-state index contributed by atoms with van der Waals surface area (Å²) in [6, 6.07) is 10.3. The number of aromatic nitrogens is 4. The van der Waals surface area contributed by atoms with Gasteiger partial charge in [0.25, 0.3) is 5.56 Å². The molecule has 0 saturated carbocycles. The normalized spacial score (nSPS) is 15.1. The number of fused-ring (bicyclic) bond motifs is 1. The molecule has 1 saturated heterocycles. The molecule has 0 amide bonds. The van der Waals surface area contributed by atoms with Crippen molar-refractivity contribution in [2.75, 3.05) is 18.0 Å². The number of benzene rings is 1. The van der Waals surface area contributed by atoms with Gasteiger partial charge >= 0.3 is 5.69 Å². The maximum Gasteiger partial charge on any atom is 0.332 e. The maximum atomic E-state index is 13.0. The van der Waals surface area contributed by atoms with Crippen molar-refractivity contribution in [2.45, 2.75) is 38.6 Å². The van der Waals surface area contributed by atoms with Crippen LogP contribution in [0.25, 0.3) is 11.2 Å². The van der Waals surface area contributed by atoms with Crippen LogP contribution >= 0.6 is 0 Å². The third-order valence-electron chi connectivity index (χ3n) is 5.68. The molecule has 0 spiro atoms. The van der Waals surface area contributed by atoms with Crippen LogP contribution in [0.4, 0.5) is 5.95 Å². The van der Waals surface area contributed by atoms with E-state index in [-0.39, 0.29) is 11.2 Å². The lowest BCUT2D eigenvalue weighted by Crippen LogP contribution is -2.37. The first kappa shape index (κ1) is 18.5. The van der Waals surface area contributed by atoms with Crippen molar-refractivity contribution in [2.24, 2.45) is 14.1 Å². The Morgan fingerprint density at radius 2 is 1.61 bits per heavy atom. The van der Waals surface area contributed by atoms with Crippen LogP contribution in [0.1, 0.15) is 31.2 Å². The maximum absolute atomic E-state index is 13.0. The fourth-order valence-corrected chi connectivity index (χ4v) is 4.04. The zero-order chi connectivity index (χ0) is 19.7. The zero-order valence-corrected chi connectivity index (χ0v) is 16.6. The minimum absolute atomic E-state index is 0.278. The van der Waals surface area contributed by atoms with Crippen LogP contribution in [0, 0.1) is 0 Å². The van der Waals surface area contributed by atoms with E-state index < -0.39 is 0 Å². The second-order valence-corrected chi connectivity index (χ2v) is 7.58. The molecule has 0 atom stereocenters. The molecule has 2 aromatic heterocycles. The third kappa shape index (κ3) is 3.25. The number of nitrogens with zero attached hydrogens (tertiary/aromatic N) is 5. The molecule has 0 N–H and O–H groups in total. The van der Waals surface area contributed by atoms with Crippen molar-refractivity contribution in [1.29, 1.82) is 0 Å². The average Bonchev–Trinajstić information content (AvgIpc) is 2.89. The first-order valence-electron chi connectivity index (χ1n) is 10.0. The molecule has 28 heavy (non-hydrogen) atoms. The predicted octanol–water partition coefficient (Wildman–Crippen LogP) is 2.06. The average molecular weight is 381 g/mol. The molecule has 0 aliphatic carbocycles. The molecule has 3 aromatic rings. The van der Waals surface area contributed by atoms with Gasteiger partial charge in [0.2, 0.25) is 5.95 Å². The Morgan fingerprint density at radius 3 is 2.29 bits per heavy atom. The topological polar surface area (TPSA) is 65.1 Å². The Kier molecular flexibility index (Phi) is 5.07. The van der Waals surface area contributed by atoms with E-state index in [4.69, 9.17) is 4.98 Å². The van der Waals surface area contributed by atoms with Gasteiger partial charge in [-0.25, -0.2) is 4.79 Å². The monoisotopic (exact) mass is 381 g/mol. The summed E-state index contributed by atoms with van der Waals surface area (Å²) >= 11 is 0. The SMILES string of the molecule is Cn1c(=O)c2c(nc(N3CCCCCC3)n2CCc2ccccc2)n(C)c1=O. The van der Waals surface area contributed by atoms with Gasteiger partial charge in [-0.1, -0.05) is 43.2 Å². The smallest absolute Gasteiger partial charge is 0.332 e. The van der Waals surface area contributed by atoms with Crippen molar-refractivity contribution in [3.8, 4) is 0 Å². The standard InChI is InChI=1S/C21H27N5O2/c1-23-18-17(19(27)24(2)21(23)28)26(15-12-16-10-6-5-7-11-16)20(22-18)25-13-8-3-4-9-14-25/h5-7,10-11H,3-4,8-9,12-15H2,1-2H3. The lowest BCUT2D eigenvalue weighted by molar-refractivity contribution is 0.663. The first-order chi connectivity index (χ1) is 13.6. The summed E-state index contributed by atoms with van der Waals surface area (Å²) in [5, 5.41) is 0. The third-order valence-corrected chi connectivity index (χ3v) is 5.68. The van der Waals surface area contributed by atoms with Crippen molar-refractivity contribution < 1.29 is 0 Å². The summed E-state index contributed by atoms with van der Waals surface area (Å²) in [6.07, 6.45) is 5.50. The van der Waals surface area contributed by atoms with Gasteiger partial charge in [0.05, 0.1) is 0 Å². The molecule has 0 unspecified atom stereocenters. The summed E-state index contributed by atoms with van der Waals surface area (Å²) in [5.74, 6) is 0.811. The molecule has 148 valence electrons. The van der Waals surface area contributed by atoms with E-state index in [0.717, 1.165) is 38.3 Å². The van der Waals surface area contributed by atoms with E-state index in [2.05, 4.69) is 17.0 Å². The summed E-state index contributed by atoms with van der Waals surface area (Å²) < 4.78 is 4.68. The van der Waals surface area contributed by atoms with Crippen molar-refractivity contribution in [3.63, 3.8) is 0 Å². The molecule has 4 rings (SSSR count). The number of hydrogen-bond acceptors (Lipinski definition) is 4. The lowest BCUT2D eigenvalue weighted by Gasteiger charge is -2.22. The van der Waals surface area contributed by atoms with Gasteiger partial charge in [-0.3, -0.25) is 13.9 Å². The Morgan fingerprint density at radius 1 is 0.929 bits per heavy atom. The highest BCUT2D eigenvalue weighted by atomic mass is 16.2. The Labute approximate surface area is 163 Å². The number of hydrogen-bond donors (Lipinski definition) is 0. The van der Waals surface area contributed by atoms with E-state index in [9.17, 15) is 9.59 Å². The van der Waals surface area contributed by atoms with Crippen LogP contribution in [0.2, 0.25) is 0 Å². The molecule has 1 fully saturated rings. The van der Waals surface area contributed by atoms with Crippen LogP contribution < -0.4 is 16.1 Å². The van der Waals surface area contributed by atoms with E-state index >= 15 is 0 Å². The van der Waals surface area contributed by atoms with Crippen molar-refractivity contribution in [1.82, 2.24) is 18.7 Å². The van der Waals surface area contributed by atoms with Crippen LogP contribution in [0.3, 0.4) is 0 Å². The fourth-order valence-electron chi connectivity index (χ4n) is 4.04. The van der Waals surface area contributed by atoms with Crippen molar-refractivity contribution >= 4 is 17.1 Å².